The van der Waals surface area contributed by atoms with Crippen molar-refractivity contribution >= 4 is 17.5 Å². The molecule has 1 amide bonds. The summed E-state index contributed by atoms with van der Waals surface area (Å²) in [7, 11) is 3.18. The highest BCUT2D eigenvalue weighted by Crippen LogP contribution is 2.29. The molecule has 0 radical (unpaired) electrons. The second-order valence-corrected chi connectivity index (χ2v) is 7.05. The topological polar surface area (TPSA) is 83.2 Å². The Bertz CT molecular complexity index is 1030. The van der Waals surface area contributed by atoms with Crippen LogP contribution in [0.4, 0.5) is 0 Å². The molecule has 2 aromatic heterocycles. The normalized spacial score (nSPS) is 11.9. The standard InChI is InChI=1S/C20H24ClN5O3/c1-12(16-10-15(28-4)6-7-18(16)29-5)22-20(27)17-8-9-25(24-17)11-26-14(3)19(21)13(2)23-26/h6-10,12H,11H2,1-5H3,(H,22,27). The summed E-state index contributed by atoms with van der Waals surface area (Å²) in [6, 6.07) is 6.83. The molecule has 8 nitrogen and oxygen atoms in total. The lowest BCUT2D eigenvalue weighted by Crippen LogP contribution is -2.27. The first kappa shape index (κ1) is 20.7. The van der Waals surface area contributed by atoms with Gasteiger partial charge in [0.25, 0.3) is 5.91 Å². The van der Waals surface area contributed by atoms with E-state index in [1.807, 2.05) is 39.0 Å². The van der Waals surface area contributed by atoms with E-state index in [-0.39, 0.29) is 11.9 Å². The first-order chi connectivity index (χ1) is 13.8. The molecule has 0 bridgehead atoms. The predicted octanol–water partition coefficient (Wildman–Crippen LogP) is 3.36. The van der Waals surface area contributed by atoms with Crippen LogP contribution in [0, 0.1) is 13.8 Å². The van der Waals surface area contributed by atoms with Crippen molar-refractivity contribution < 1.29 is 14.3 Å². The molecule has 2 heterocycles. The number of ether oxygens (including phenoxy) is 2. The van der Waals surface area contributed by atoms with Gasteiger partial charge in [0.2, 0.25) is 0 Å². The van der Waals surface area contributed by atoms with Gasteiger partial charge >= 0.3 is 0 Å². The summed E-state index contributed by atoms with van der Waals surface area (Å²) < 4.78 is 14.1. The molecule has 1 aromatic carbocycles. The van der Waals surface area contributed by atoms with Crippen LogP contribution in [0.3, 0.4) is 0 Å². The molecule has 0 saturated carbocycles. The zero-order valence-corrected chi connectivity index (χ0v) is 17.8. The quantitative estimate of drug-likeness (QED) is 0.637. The number of amides is 1. The third-order valence-corrected chi connectivity index (χ3v) is 5.24. The van der Waals surface area contributed by atoms with Crippen molar-refractivity contribution in [3.05, 3.63) is 58.1 Å². The number of nitrogens with zero attached hydrogens (tertiary/aromatic N) is 4. The van der Waals surface area contributed by atoms with Crippen LogP contribution in [0.1, 0.15) is 40.4 Å². The van der Waals surface area contributed by atoms with Crippen molar-refractivity contribution in [1.82, 2.24) is 24.9 Å². The number of carbonyl (C=O) groups is 1. The molecule has 0 spiro atoms. The minimum Gasteiger partial charge on any atom is -0.497 e. The van der Waals surface area contributed by atoms with E-state index in [2.05, 4.69) is 15.5 Å². The van der Waals surface area contributed by atoms with Gasteiger partial charge in [-0.3, -0.25) is 9.48 Å². The number of halogens is 1. The van der Waals surface area contributed by atoms with E-state index in [9.17, 15) is 4.79 Å². The summed E-state index contributed by atoms with van der Waals surface area (Å²) in [6.07, 6.45) is 1.73. The number of methoxy groups -OCH3 is 2. The van der Waals surface area contributed by atoms with Crippen molar-refractivity contribution in [2.45, 2.75) is 33.5 Å². The number of aromatic nitrogens is 4. The maximum atomic E-state index is 12.7. The number of rotatable bonds is 7. The smallest absolute Gasteiger partial charge is 0.272 e. The fraction of sp³-hybridized carbons (Fsp3) is 0.350. The second-order valence-electron chi connectivity index (χ2n) is 6.67. The van der Waals surface area contributed by atoms with Crippen LogP contribution in [0.2, 0.25) is 5.02 Å². The average Bonchev–Trinajstić information content (AvgIpc) is 3.28. The second kappa shape index (κ2) is 8.57. The van der Waals surface area contributed by atoms with Crippen LogP contribution in [0.25, 0.3) is 0 Å². The van der Waals surface area contributed by atoms with Crippen LogP contribution in [-0.4, -0.2) is 39.7 Å². The lowest BCUT2D eigenvalue weighted by molar-refractivity contribution is 0.0933. The Balaban J connectivity index is 1.72. The molecule has 1 atom stereocenters. The molecular weight excluding hydrogens is 394 g/mol. The van der Waals surface area contributed by atoms with Gasteiger partial charge in [-0.1, -0.05) is 11.6 Å². The van der Waals surface area contributed by atoms with Crippen LogP contribution >= 0.6 is 11.6 Å². The molecule has 3 rings (SSSR count). The highest BCUT2D eigenvalue weighted by Gasteiger charge is 2.18. The van der Waals surface area contributed by atoms with Gasteiger partial charge in [-0.05, 0) is 45.0 Å². The predicted molar refractivity (Wildman–Crippen MR) is 110 cm³/mol. The Hall–Kier alpha value is -3.00. The molecular formula is C20H24ClN5O3. The minimum absolute atomic E-state index is 0.285. The van der Waals surface area contributed by atoms with Gasteiger partial charge in [0.05, 0.1) is 36.7 Å². The molecule has 0 aliphatic heterocycles. The van der Waals surface area contributed by atoms with Crippen LogP contribution in [0.5, 0.6) is 11.5 Å². The largest absolute Gasteiger partial charge is 0.497 e. The Kier molecular flexibility index (Phi) is 6.12. The van der Waals surface area contributed by atoms with Crippen molar-refractivity contribution in [2.75, 3.05) is 14.2 Å². The molecule has 0 fully saturated rings. The SMILES string of the molecule is COc1ccc(OC)c(C(C)NC(=O)c2ccn(Cn3nc(C)c(Cl)c3C)n2)c1. The van der Waals surface area contributed by atoms with Crippen LogP contribution in [0.15, 0.2) is 30.5 Å². The molecule has 154 valence electrons. The summed E-state index contributed by atoms with van der Waals surface area (Å²) in [6.45, 7) is 5.99. The van der Waals surface area contributed by atoms with E-state index in [1.165, 1.54) is 0 Å². The number of benzene rings is 1. The molecule has 3 aromatic rings. The van der Waals surface area contributed by atoms with Crippen molar-refractivity contribution in [2.24, 2.45) is 0 Å². The number of hydrogen-bond donors (Lipinski definition) is 1. The molecule has 9 heteroatoms. The minimum atomic E-state index is -0.299. The van der Waals surface area contributed by atoms with Gasteiger partial charge in [0, 0.05) is 11.8 Å². The first-order valence-corrected chi connectivity index (χ1v) is 9.47. The van der Waals surface area contributed by atoms with Gasteiger partial charge in [-0.25, -0.2) is 4.68 Å². The van der Waals surface area contributed by atoms with Gasteiger partial charge in [-0.2, -0.15) is 10.2 Å². The van der Waals surface area contributed by atoms with Crippen molar-refractivity contribution in [3.63, 3.8) is 0 Å². The highest BCUT2D eigenvalue weighted by molar-refractivity contribution is 6.31. The number of nitrogens with one attached hydrogen (secondary N) is 1. The highest BCUT2D eigenvalue weighted by atomic mass is 35.5. The summed E-state index contributed by atoms with van der Waals surface area (Å²) in [5, 5.41) is 12.3. The first-order valence-electron chi connectivity index (χ1n) is 9.09. The summed E-state index contributed by atoms with van der Waals surface area (Å²) in [5.41, 5.74) is 2.74. The van der Waals surface area contributed by atoms with E-state index >= 15 is 0 Å². The molecule has 0 aliphatic carbocycles. The summed E-state index contributed by atoms with van der Waals surface area (Å²) in [4.78, 5) is 12.7. The van der Waals surface area contributed by atoms with E-state index < -0.39 is 0 Å². The molecule has 29 heavy (non-hydrogen) atoms. The maximum Gasteiger partial charge on any atom is 0.272 e. The maximum absolute atomic E-state index is 12.7. The lowest BCUT2D eigenvalue weighted by atomic mass is 10.1. The van der Waals surface area contributed by atoms with Crippen molar-refractivity contribution in [1.29, 1.82) is 0 Å². The monoisotopic (exact) mass is 417 g/mol. The van der Waals surface area contributed by atoms with E-state index in [1.54, 1.807) is 35.8 Å². The van der Waals surface area contributed by atoms with Crippen LogP contribution < -0.4 is 14.8 Å². The van der Waals surface area contributed by atoms with E-state index in [4.69, 9.17) is 21.1 Å². The summed E-state index contributed by atoms with van der Waals surface area (Å²) in [5.74, 6) is 1.08. The Morgan fingerprint density at radius 3 is 2.59 bits per heavy atom. The third-order valence-electron chi connectivity index (χ3n) is 4.70. The fourth-order valence-corrected chi connectivity index (χ4v) is 3.17. The van der Waals surface area contributed by atoms with Gasteiger partial charge in [-0.15, -0.1) is 0 Å². The van der Waals surface area contributed by atoms with E-state index in [0.29, 0.717) is 28.9 Å². The van der Waals surface area contributed by atoms with Crippen LogP contribution in [-0.2, 0) is 6.67 Å². The molecule has 1 unspecified atom stereocenters. The summed E-state index contributed by atoms with van der Waals surface area (Å²) >= 11 is 6.19. The number of hydrogen-bond acceptors (Lipinski definition) is 5. The van der Waals surface area contributed by atoms with Gasteiger partial charge < -0.3 is 14.8 Å². The lowest BCUT2D eigenvalue weighted by Gasteiger charge is -2.17. The zero-order chi connectivity index (χ0) is 21.1. The fourth-order valence-electron chi connectivity index (χ4n) is 3.04. The van der Waals surface area contributed by atoms with Gasteiger partial charge in [0.1, 0.15) is 23.9 Å². The van der Waals surface area contributed by atoms with E-state index in [0.717, 1.165) is 17.0 Å². The Morgan fingerprint density at radius 1 is 1.21 bits per heavy atom. The van der Waals surface area contributed by atoms with Crippen molar-refractivity contribution in [3.8, 4) is 11.5 Å². The molecule has 0 aliphatic rings. The number of carbonyl (C=O) groups excluding carboxylic acids is 1. The Labute approximate surface area is 174 Å². The molecule has 1 N–H and O–H groups in total. The molecule has 0 saturated heterocycles. The average molecular weight is 418 g/mol. The Morgan fingerprint density at radius 2 is 1.97 bits per heavy atom. The number of aryl methyl sites for hydroxylation is 1. The van der Waals surface area contributed by atoms with Gasteiger partial charge in [0.15, 0.2) is 0 Å². The third kappa shape index (κ3) is 4.37. The zero-order valence-electron chi connectivity index (χ0n) is 17.1.